The third-order valence-electron chi connectivity index (χ3n) is 21.5. The van der Waals surface area contributed by atoms with Crippen molar-refractivity contribution >= 4 is 147 Å². The lowest BCUT2D eigenvalue weighted by Crippen LogP contribution is -2.47. The normalized spacial score (nSPS) is 18.5. The summed E-state index contributed by atoms with van der Waals surface area (Å²) in [5.41, 5.74) is 11.0. The van der Waals surface area contributed by atoms with Gasteiger partial charge in [-0.3, -0.25) is 28.8 Å². The quantitative estimate of drug-likeness (QED) is 0.0168. The molecule has 6 aromatic rings. The van der Waals surface area contributed by atoms with Crippen LogP contribution in [0.15, 0.2) is 124 Å². The van der Waals surface area contributed by atoms with Crippen LogP contribution in [0.5, 0.6) is 17.2 Å². The molecule has 0 saturated carbocycles. The second kappa shape index (κ2) is 52.2. The Bertz CT molecular complexity index is 5120. The summed E-state index contributed by atoms with van der Waals surface area (Å²) in [6.45, 7) is 3.17. The minimum Gasteiger partial charge on any atom is -0.484 e. The summed E-state index contributed by atoms with van der Waals surface area (Å²) in [4.78, 5) is 108. The van der Waals surface area contributed by atoms with Gasteiger partial charge in [-0.1, -0.05) is 69.6 Å². The maximum Gasteiger partial charge on any atom is 0.364 e. The topological polar surface area (TPSA) is 500 Å². The van der Waals surface area contributed by atoms with Crippen LogP contribution in [0.3, 0.4) is 0 Å². The van der Waals surface area contributed by atoms with E-state index < -0.39 is 102 Å². The zero-order valence-electron chi connectivity index (χ0n) is 74.1. The first-order valence-corrected chi connectivity index (χ1v) is 49.3. The lowest BCUT2D eigenvalue weighted by molar-refractivity contribution is -0.216. The number of rotatable bonds is 50. The number of ketones is 1. The van der Waals surface area contributed by atoms with Crippen LogP contribution in [0, 0.1) is 0 Å². The third kappa shape index (κ3) is 31.3. The van der Waals surface area contributed by atoms with Crippen LogP contribution < -0.4 is 34.7 Å². The predicted molar refractivity (Wildman–Crippen MR) is 489 cm³/mol. The first-order chi connectivity index (χ1) is 63.6. The number of nitrogens with zero attached hydrogens (tertiary/aromatic N) is 5. The van der Waals surface area contributed by atoms with Gasteiger partial charge in [-0.15, -0.1) is 10.1 Å². The van der Waals surface area contributed by atoms with E-state index in [1.807, 2.05) is 60.5 Å². The maximum atomic E-state index is 13.0. The minimum absolute atomic E-state index is 0.00144. The number of Topliss-reactive ketones (excluding diaryl/α,β-unsaturated/α-hetero) is 1. The fourth-order valence-electron chi connectivity index (χ4n) is 14.4. The van der Waals surface area contributed by atoms with Crippen molar-refractivity contribution in [2.45, 2.75) is 140 Å². The molecule has 0 aromatic heterocycles. The molecule has 0 radical (unpaired) electrons. The number of sulfone groups is 1. The van der Waals surface area contributed by atoms with Gasteiger partial charge in [0.05, 0.1) is 105 Å². The second-order valence-corrected chi connectivity index (χ2v) is 39.8. The molecular weight excluding hydrogens is 1940 g/mol. The van der Waals surface area contributed by atoms with E-state index in [1.165, 1.54) is 36.4 Å². The summed E-state index contributed by atoms with van der Waals surface area (Å²) in [5.74, 6) is -6.90. The number of sulfonamides is 2. The molecule has 38 nitrogen and oxygen atoms in total. The number of ether oxygens (including phenoxy) is 9. The molecule has 2 fully saturated rings. The summed E-state index contributed by atoms with van der Waals surface area (Å²) in [5, 5.41) is 45.5. The molecule has 2 heterocycles. The Morgan fingerprint density at radius 1 is 0.418 bits per heavy atom. The lowest BCUT2D eigenvalue weighted by Gasteiger charge is -2.27. The van der Waals surface area contributed by atoms with Gasteiger partial charge in [0.25, 0.3) is 29.5 Å². The van der Waals surface area contributed by atoms with Gasteiger partial charge >= 0.3 is 11.9 Å². The van der Waals surface area contributed by atoms with Crippen LogP contribution in [-0.2, 0) is 126 Å². The molecule has 11 rings (SSSR count). The highest BCUT2D eigenvalue weighted by molar-refractivity contribution is 7.91. The Morgan fingerprint density at radius 2 is 0.731 bits per heavy atom. The van der Waals surface area contributed by atoms with Crippen LogP contribution in [0.4, 0.5) is 0 Å². The average Bonchev–Trinajstić information content (AvgIpc) is 1.63. The molecule has 2 aliphatic heterocycles. The number of halogens is 6. The number of fused-ring (bicyclic) bond motifs is 3. The van der Waals surface area contributed by atoms with Crippen LogP contribution in [-0.4, -0.2) is 314 Å². The van der Waals surface area contributed by atoms with E-state index in [0.717, 1.165) is 39.8 Å². The van der Waals surface area contributed by atoms with E-state index >= 15 is 0 Å². The number of imide groups is 2. The number of carbonyl (C=O) groups is 8. The number of hydroxylamine groups is 4. The molecule has 5 aliphatic rings. The third-order valence-corrected chi connectivity index (χ3v) is 27.9. The number of aliphatic hydroxyl groups excluding tert-OH is 4. The number of nitrogens with one attached hydrogen (secondary N) is 3. The smallest absolute Gasteiger partial charge is 0.364 e. The molecule has 736 valence electrons. The van der Waals surface area contributed by atoms with Crippen molar-refractivity contribution < 1.29 is 136 Å². The highest BCUT2D eigenvalue weighted by atomic mass is 35.5. The summed E-state index contributed by atoms with van der Waals surface area (Å²) in [7, 11) is 0.719. The molecule has 6 aromatic carbocycles. The summed E-state index contributed by atoms with van der Waals surface area (Å²) < 4.78 is 133. The first kappa shape index (κ1) is 110. The summed E-state index contributed by atoms with van der Waals surface area (Å²) in [6, 6.07) is 29.6. The fourth-order valence-corrected chi connectivity index (χ4v) is 19.5. The molecule has 3 aliphatic carbocycles. The van der Waals surface area contributed by atoms with E-state index in [1.54, 1.807) is 54.6 Å². The molecule has 5 amide bonds. The van der Waals surface area contributed by atoms with E-state index in [9.17, 15) is 84.0 Å². The van der Waals surface area contributed by atoms with Crippen molar-refractivity contribution in [2.75, 3.05) is 154 Å². The standard InChI is InChI=1S/C52H66Cl4N4O14S2.C23H31Cl2N3O5S.C12H12N2O10/c1-59(2)45-31-39-41(27-33(53)29-43(39)55)50(45)73-35-8-12-37(13-9-35)75(65,66)26-6-19-70-23-24-71-20-16-57-52(64)49(63)48(62)47(61)7-5-18-69-22-25-72-21-17-58-76(67,68)38-14-10-36(11-15-38)74-51-42-28-34(54)30-44(56)40(42)32-46(51)60(3)4;1-28(2)22-15-19-20(13-16(24)14-21(19)25)23(22)33-17-3-5-18(6-4-17)34(29,30)27-8-10-32-12-11-31-9-7-26;15-5-1-2-6(16)13(5)23-11(21)9(19)10(20)12(22)24-14-7(17)3-4-8(14)18/h8-15,27-30,45-46,48-51,58,62-63H,5-7,16-26,31-32H2,1-4H3,(H,57,64);3-6,13-14,22-23,27H,7-12,15,26H2,1-2H3;9-10,19-20H,1-4H2/t45-,46-,48-,49+,50-,51-;22-,23-;9-,10-/m001/s1. The van der Waals surface area contributed by atoms with Gasteiger partial charge in [0.15, 0.2) is 33.9 Å². The highest BCUT2D eigenvalue weighted by Crippen LogP contribution is 2.46. The van der Waals surface area contributed by atoms with Gasteiger partial charge < -0.3 is 98.5 Å². The van der Waals surface area contributed by atoms with Gasteiger partial charge in [0.1, 0.15) is 41.7 Å². The predicted octanol–water partition coefficient (Wildman–Crippen LogP) is 5.70. The number of hydrogen-bond donors (Lipinski definition) is 8. The van der Waals surface area contributed by atoms with E-state index in [0.29, 0.717) is 86.6 Å². The van der Waals surface area contributed by atoms with Gasteiger partial charge in [0.2, 0.25) is 20.0 Å². The SMILES string of the molecule is CN(C)[C@H]1Cc2c(Cl)cc(Cl)cc2[C@@H]1Oc1ccc(S(=O)(=O)CCCOCCOCCNC(=O)[C@H](O)[C@@H](O)C(=O)CCCOCCOCCNS(=O)(=O)c2ccc(O[C@H]3c4cc(Cl)cc(Cl)c4C[C@@H]3N(C)C)cc2)cc1.CN(C)[C@H]1Cc2c(Cl)cc(Cl)cc2[C@@H]1Oc1ccc(S(=O)(=O)NCCOCCOCCN)cc1.O=C(ON1C(=O)CCC1=O)[C@H](O)[C@@H](O)C(=O)ON1C(=O)CCC1=O. The largest absolute Gasteiger partial charge is 0.484 e. The first-order valence-electron chi connectivity index (χ1n) is 42.4. The number of nitrogens with two attached hydrogens (primary N) is 1. The lowest BCUT2D eigenvalue weighted by atomic mass is 10.1. The molecule has 47 heteroatoms. The van der Waals surface area contributed by atoms with Gasteiger partial charge in [-0.05, 0) is 200 Å². The summed E-state index contributed by atoms with van der Waals surface area (Å²) >= 11 is 38.2. The maximum absolute atomic E-state index is 13.0. The van der Waals surface area contributed by atoms with Crippen molar-refractivity contribution in [2.24, 2.45) is 5.73 Å². The Kier molecular flexibility index (Phi) is 42.7. The number of hydrogen-bond acceptors (Lipinski definition) is 33. The van der Waals surface area contributed by atoms with Crippen molar-refractivity contribution in [3.63, 3.8) is 0 Å². The van der Waals surface area contributed by atoms with Crippen LogP contribution in [0.25, 0.3) is 0 Å². The van der Waals surface area contributed by atoms with Crippen molar-refractivity contribution in [3.05, 3.63) is 173 Å². The molecular formula is C87H109Cl6N9O29S3. The Balaban J connectivity index is 0.000000282. The molecule has 10 atom stereocenters. The molecule has 9 N–H and O–H groups in total. The van der Waals surface area contributed by atoms with Gasteiger partial charge in [0, 0.05) is 118 Å². The van der Waals surface area contributed by atoms with E-state index in [-0.39, 0.29) is 191 Å². The number of benzene rings is 6. The molecule has 0 spiro atoms. The molecule has 0 unspecified atom stereocenters. The zero-order chi connectivity index (χ0) is 97.9. The van der Waals surface area contributed by atoms with Crippen LogP contribution in [0.1, 0.15) is 96.6 Å². The van der Waals surface area contributed by atoms with Crippen molar-refractivity contribution in [1.82, 2.24) is 39.6 Å². The fraction of sp³-hybridized carbons (Fsp3) is 0.494. The average molecular weight is 2050 g/mol. The zero-order valence-corrected chi connectivity index (χ0v) is 81.0. The molecule has 134 heavy (non-hydrogen) atoms. The minimum atomic E-state index is -3.84. The number of amides is 5. The highest BCUT2D eigenvalue weighted by Gasteiger charge is 2.44. The summed E-state index contributed by atoms with van der Waals surface area (Å²) in [6.07, 6.45) is -8.27. The second-order valence-electron chi connectivity index (χ2n) is 31.7. The van der Waals surface area contributed by atoms with Crippen LogP contribution in [0.2, 0.25) is 30.1 Å². The Labute approximate surface area is 806 Å². The van der Waals surface area contributed by atoms with Crippen LogP contribution >= 0.6 is 69.6 Å². The number of aliphatic hydroxyl groups is 4. The monoisotopic (exact) mass is 2050 g/mol. The van der Waals surface area contributed by atoms with Gasteiger partial charge in [-0.2, -0.15) is 0 Å². The molecule has 0 bridgehead atoms. The Morgan fingerprint density at radius 3 is 1.07 bits per heavy atom. The van der Waals surface area contributed by atoms with Crippen molar-refractivity contribution in [3.8, 4) is 17.2 Å². The number of likely N-dealkylation sites (N-methyl/N-ethyl adjacent to an activating group) is 3. The van der Waals surface area contributed by atoms with E-state index in [4.69, 9.17) is 118 Å². The van der Waals surface area contributed by atoms with E-state index in [2.05, 4.69) is 39.1 Å². The van der Waals surface area contributed by atoms with Crippen molar-refractivity contribution in [1.29, 1.82) is 0 Å². The molecule has 2 saturated heterocycles. The Hall–Kier alpha value is -7.97. The number of carbonyl (C=O) groups excluding carboxylic acids is 8. The van der Waals surface area contributed by atoms with Gasteiger partial charge in [-0.25, -0.2) is 44.3 Å².